The van der Waals surface area contributed by atoms with Crippen LogP contribution in [0.4, 0.5) is 0 Å². The molecule has 1 aromatic rings. The van der Waals surface area contributed by atoms with Crippen LogP contribution >= 0.6 is 20.6 Å². The molecule has 0 saturated heterocycles. The highest BCUT2D eigenvalue weighted by Crippen LogP contribution is 2.48. The predicted octanol–water partition coefficient (Wildman–Crippen LogP) is 3.59. The Morgan fingerprint density at radius 2 is 2.00 bits per heavy atom. The minimum absolute atomic E-state index is 0.0688. The fourth-order valence-electron chi connectivity index (χ4n) is 1.48. The molecule has 1 unspecified atom stereocenters. The molecule has 3 rings (SSSR count). The van der Waals surface area contributed by atoms with E-state index in [4.69, 9.17) is 4.18 Å². The molecule has 0 saturated carbocycles. The molecular formula is C11H8OS2. The summed E-state index contributed by atoms with van der Waals surface area (Å²) in [6, 6.07) is 10.4. The number of allylic oxidation sites excluding steroid dienone is 2. The fraction of sp³-hybridized carbons (Fsp3) is 0. The van der Waals surface area contributed by atoms with Crippen LogP contribution in [0.1, 0.15) is 5.56 Å². The summed E-state index contributed by atoms with van der Waals surface area (Å²) in [6.45, 7) is 0. The molecule has 0 N–H and O–H groups in total. The maximum Gasteiger partial charge on any atom is 0.103 e. The second-order valence-corrected chi connectivity index (χ2v) is 6.01. The van der Waals surface area contributed by atoms with E-state index in [2.05, 4.69) is 35.7 Å². The summed E-state index contributed by atoms with van der Waals surface area (Å²) in [5.41, 5.74) is 2.59. The normalized spacial score (nSPS) is 23.3. The first kappa shape index (κ1) is 8.38. The second-order valence-electron chi connectivity index (χ2n) is 2.99. The molecule has 3 heteroatoms. The van der Waals surface area contributed by atoms with Crippen LogP contribution < -0.4 is 0 Å². The third-order valence-corrected chi connectivity index (χ3v) is 5.24. The molecule has 70 valence electrons. The van der Waals surface area contributed by atoms with E-state index >= 15 is 0 Å². The average Bonchev–Trinajstić information content (AvgIpc) is 2.79. The van der Waals surface area contributed by atoms with Crippen LogP contribution in [-0.2, 0) is 4.18 Å². The van der Waals surface area contributed by atoms with E-state index in [1.807, 2.05) is 6.07 Å². The largest absolute Gasteiger partial charge is 0.430 e. The summed E-state index contributed by atoms with van der Waals surface area (Å²) in [5.74, 6) is 0. The Balaban J connectivity index is 2.06. The van der Waals surface area contributed by atoms with E-state index in [0.717, 1.165) is 0 Å². The summed E-state index contributed by atoms with van der Waals surface area (Å²) >= 11 is 0. The van der Waals surface area contributed by atoms with Crippen LogP contribution in [0, 0.1) is 0 Å². The highest BCUT2D eigenvalue weighted by Gasteiger charge is 2.21. The van der Waals surface area contributed by atoms with Gasteiger partial charge in [0, 0.05) is 5.57 Å². The molecular weight excluding hydrogens is 212 g/mol. The quantitative estimate of drug-likeness (QED) is 0.528. The van der Waals surface area contributed by atoms with E-state index in [0.29, 0.717) is 0 Å². The van der Waals surface area contributed by atoms with Gasteiger partial charge in [0.15, 0.2) is 0 Å². The summed E-state index contributed by atoms with van der Waals surface area (Å²) in [4.78, 5) is 1.32. The van der Waals surface area contributed by atoms with Crippen molar-refractivity contribution in [2.75, 3.05) is 0 Å². The Bertz CT molecular complexity index is 457. The Morgan fingerprint density at radius 3 is 2.86 bits per heavy atom. The molecule has 1 aromatic carbocycles. The van der Waals surface area contributed by atoms with Gasteiger partial charge < -0.3 is 4.18 Å². The average molecular weight is 220 g/mol. The van der Waals surface area contributed by atoms with Gasteiger partial charge in [-0.25, -0.2) is 0 Å². The van der Waals surface area contributed by atoms with Gasteiger partial charge in [0.25, 0.3) is 0 Å². The van der Waals surface area contributed by atoms with Crippen LogP contribution in [0.25, 0.3) is 5.57 Å². The topological polar surface area (TPSA) is 9.23 Å². The molecule has 14 heavy (non-hydrogen) atoms. The number of hydrogen-bond acceptors (Lipinski definition) is 2. The van der Waals surface area contributed by atoms with Gasteiger partial charge in [0.1, 0.15) is 6.26 Å². The number of rotatable bonds is 1. The lowest BCUT2D eigenvalue weighted by Gasteiger charge is -2.01. The number of benzene rings is 1. The van der Waals surface area contributed by atoms with Gasteiger partial charge >= 0.3 is 0 Å². The van der Waals surface area contributed by atoms with E-state index in [-0.39, 0.29) is 9.80 Å². The van der Waals surface area contributed by atoms with Gasteiger partial charge in [0.2, 0.25) is 0 Å². The number of hydrogen-bond donors (Lipinski definition) is 0. The highest BCUT2D eigenvalue weighted by molar-refractivity contribution is 8.84. The highest BCUT2D eigenvalue weighted by atomic mass is 33.1. The zero-order valence-corrected chi connectivity index (χ0v) is 8.98. The monoisotopic (exact) mass is 220 g/mol. The van der Waals surface area contributed by atoms with Crippen molar-refractivity contribution in [2.24, 2.45) is 0 Å². The van der Waals surface area contributed by atoms with Crippen molar-refractivity contribution in [3.63, 3.8) is 0 Å². The van der Waals surface area contributed by atoms with Crippen LogP contribution in [0.15, 0.2) is 48.1 Å². The van der Waals surface area contributed by atoms with Gasteiger partial charge in [0.05, 0.1) is 14.7 Å². The minimum atomic E-state index is -0.0688. The standard InChI is InChI=1S/C11H8OS2/c1-2-4-9(5-3-1)10-8-13-14-11(10)6-7-12-14/h1-8H. The third kappa shape index (κ3) is 1.24. The summed E-state index contributed by atoms with van der Waals surface area (Å²) in [5, 5.41) is 2.19. The van der Waals surface area contributed by atoms with Crippen LogP contribution in [0.3, 0.4) is 0 Å². The van der Waals surface area contributed by atoms with Gasteiger partial charge in [-0.3, -0.25) is 0 Å². The molecule has 0 bridgehead atoms. The Labute approximate surface area is 89.0 Å². The summed E-state index contributed by atoms with van der Waals surface area (Å²) < 4.78 is 5.45. The van der Waals surface area contributed by atoms with E-state index in [1.54, 1.807) is 17.1 Å². The molecule has 0 amide bonds. The molecule has 1 atom stereocenters. The molecule has 0 spiro atoms. The van der Waals surface area contributed by atoms with Gasteiger partial charge in [-0.05, 0) is 27.8 Å². The van der Waals surface area contributed by atoms with E-state index < -0.39 is 0 Å². The minimum Gasteiger partial charge on any atom is -0.430 e. The van der Waals surface area contributed by atoms with Crippen LogP contribution in [-0.4, -0.2) is 4.86 Å². The summed E-state index contributed by atoms with van der Waals surface area (Å²) in [7, 11) is 1.69. The maximum atomic E-state index is 5.45. The molecule has 0 fully saturated rings. The first-order valence-electron chi connectivity index (χ1n) is 4.33. The van der Waals surface area contributed by atoms with E-state index in [9.17, 15) is 0 Å². The first-order valence-corrected chi connectivity index (χ1v) is 6.88. The van der Waals surface area contributed by atoms with Crippen LogP contribution in [0.2, 0.25) is 0 Å². The Morgan fingerprint density at radius 1 is 1.14 bits per heavy atom. The molecule has 2 heterocycles. The van der Waals surface area contributed by atoms with Crippen molar-refractivity contribution in [2.45, 2.75) is 0 Å². The maximum absolute atomic E-state index is 5.45. The smallest absolute Gasteiger partial charge is 0.103 e. The van der Waals surface area contributed by atoms with Crippen molar-refractivity contribution in [1.82, 2.24) is 0 Å². The lowest BCUT2D eigenvalue weighted by Crippen LogP contribution is -1.92. The molecule has 2 aliphatic rings. The Hall–Kier alpha value is -0.930. The SMILES string of the molecule is C1=CC2=S(O1)SC=C2c1ccccc1. The summed E-state index contributed by atoms with van der Waals surface area (Å²) in [6.07, 6.45) is 3.86. The molecule has 0 aromatic heterocycles. The van der Waals surface area contributed by atoms with Crippen molar-refractivity contribution < 1.29 is 4.18 Å². The lowest BCUT2D eigenvalue weighted by atomic mass is 10.0. The molecule has 2 aliphatic heterocycles. The van der Waals surface area contributed by atoms with Crippen molar-refractivity contribution in [3.05, 3.63) is 53.6 Å². The van der Waals surface area contributed by atoms with Gasteiger partial charge in [-0.15, -0.1) is 0 Å². The Kier molecular flexibility index (Phi) is 2.00. The predicted molar refractivity (Wildman–Crippen MR) is 64.8 cm³/mol. The molecule has 1 nitrogen and oxygen atoms in total. The van der Waals surface area contributed by atoms with Gasteiger partial charge in [-0.2, -0.15) is 0 Å². The first-order chi connectivity index (χ1) is 6.95. The van der Waals surface area contributed by atoms with Crippen molar-refractivity contribution in [1.29, 1.82) is 0 Å². The van der Waals surface area contributed by atoms with E-state index in [1.165, 1.54) is 16.0 Å². The second kappa shape index (κ2) is 3.33. The van der Waals surface area contributed by atoms with Crippen molar-refractivity contribution >= 4 is 31.0 Å². The lowest BCUT2D eigenvalue weighted by molar-refractivity contribution is 0.578. The van der Waals surface area contributed by atoms with Gasteiger partial charge in [-0.1, -0.05) is 30.3 Å². The zero-order chi connectivity index (χ0) is 9.38. The third-order valence-electron chi connectivity index (χ3n) is 2.15. The molecule has 0 radical (unpaired) electrons. The molecule has 0 aliphatic carbocycles. The fourth-order valence-corrected chi connectivity index (χ4v) is 4.50. The van der Waals surface area contributed by atoms with Crippen molar-refractivity contribution in [3.8, 4) is 0 Å². The zero-order valence-electron chi connectivity index (χ0n) is 7.34. The van der Waals surface area contributed by atoms with Crippen LogP contribution in [0.5, 0.6) is 0 Å².